The molecule has 3 aromatic rings. The van der Waals surface area contributed by atoms with Crippen molar-refractivity contribution in [2.45, 2.75) is 6.67 Å². The van der Waals surface area contributed by atoms with E-state index in [1.165, 1.54) is 6.08 Å². The van der Waals surface area contributed by atoms with Crippen molar-refractivity contribution < 1.29 is 13.9 Å². The number of benzene rings is 2. The second kappa shape index (κ2) is 8.71. The number of oxazole rings is 1. The number of hydrogen-bond donors (Lipinski definition) is 0. The summed E-state index contributed by atoms with van der Waals surface area (Å²) in [6.45, 7) is 2.42. The van der Waals surface area contributed by atoms with Gasteiger partial charge in [0.15, 0.2) is 11.4 Å². The molecule has 150 valence electrons. The maximum atomic E-state index is 12.5. The Morgan fingerprint density at radius 3 is 2.66 bits per heavy atom. The van der Waals surface area contributed by atoms with Crippen LogP contribution in [-0.2, 0) is 6.67 Å². The fourth-order valence-corrected chi connectivity index (χ4v) is 4.26. The van der Waals surface area contributed by atoms with Gasteiger partial charge in [-0.05, 0) is 42.0 Å². The van der Waals surface area contributed by atoms with E-state index < -0.39 is 5.76 Å². The maximum absolute atomic E-state index is 12.5. The van der Waals surface area contributed by atoms with Gasteiger partial charge < -0.3 is 9.15 Å². The number of hydrogen-bond acceptors (Lipinski definition) is 6. The maximum Gasteiger partial charge on any atom is 0.421 e. The number of methoxy groups -OCH3 is 1. The SMILES string of the molecule is COc1ccc(/C=C/C(=O)c2ccc3c(c2)oc(=O)n3CN2CCSCC2)cc1. The van der Waals surface area contributed by atoms with E-state index in [2.05, 4.69) is 4.90 Å². The highest BCUT2D eigenvalue weighted by Crippen LogP contribution is 2.18. The summed E-state index contributed by atoms with van der Waals surface area (Å²) in [5.74, 6) is 2.37. The minimum atomic E-state index is -0.392. The normalized spacial score (nSPS) is 15.2. The second-order valence-electron chi connectivity index (χ2n) is 6.82. The highest BCUT2D eigenvalue weighted by atomic mass is 32.2. The van der Waals surface area contributed by atoms with Crippen molar-refractivity contribution in [1.82, 2.24) is 9.47 Å². The Morgan fingerprint density at radius 2 is 1.93 bits per heavy atom. The first-order valence-electron chi connectivity index (χ1n) is 9.44. The van der Waals surface area contributed by atoms with Crippen LogP contribution in [-0.4, -0.2) is 47.0 Å². The number of ether oxygens (including phenoxy) is 1. The molecule has 0 saturated carbocycles. The molecule has 0 atom stereocenters. The minimum absolute atomic E-state index is 0.147. The van der Waals surface area contributed by atoms with Gasteiger partial charge in [-0.3, -0.25) is 14.3 Å². The van der Waals surface area contributed by atoms with Gasteiger partial charge in [-0.1, -0.05) is 18.2 Å². The summed E-state index contributed by atoms with van der Waals surface area (Å²) in [4.78, 5) is 27.1. The minimum Gasteiger partial charge on any atom is -0.497 e. The predicted molar refractivity (Wildman–Crippen MR) is 116 cm³/mol. The van der Waals surface area contributed by atoms with Gasteiger partial charge in [-0.15, -0.1) is 0 Å². The number of carbonyl (C=O) groups excluding carboxylic acids is 1. The lowest BCUT2D eigenvalue weighted by molar-refractivity contribution is 0.104. The molecule has 0 bridgehead atoms. The third-order valence-corrected chi connectivity index (χ3v) is 5.88. The average Bonchev–Trinajstić information content (AvgIpc) is 3.07. The molecule has 1 aliphatic heterocycles. The van der Waals surface area contributed by atoms with Crippen LogP contribution in [0.15, 0.2) is 57.8 Å². The van der Waals surface area contributed by atoms with Crippen molar-refractivity contribution in [2.24, 2.45) is 0 Å². The van der Waals surface area contributed by atoms with Gasteiger partial charge in [-0.2, -0.15) is 11.8 Å². The molecule has 1 saturated heterocycles. The summed E-state index contributed by atoms with van der Waals surface area (Å²) in [5.41, 5.74) is 2.53. The molecular weight excluding hydrogens is 388 g/mol. The largest absolute Gasteiger partial charge is 0.497 e. The van der Waals surface area contributed by atoms with Gasteiger partial charge >= 0.3 is 5.76 Å². The van der Waals surface area contributed by atoms with Crippen LogP contribution < -0.4 is 10.5 Å². The number of ketones is 1. The van der Waals surface area contributed by atoms with Crippen molar-refractivity contribution in [2.75, 3.05) is 31.7 Å². The molecule has 6 nitrogen and oxygen atoms in total. The van der Waals surface area contributed by atoms with E-state index in [1.807, 2.05) is 36.0 Å². The zero-order valence-electron chi connectivity index (χ0n) is 16.2. The summed E-state index contributed by atoms with van der Waals surface area (Å²) in [6, 6.07) is 12.6. The number of allylic oxidation sites excluding steroid dienone is 1. The monoisotopic (exact) mass is 410 g/mol. The molecule has 2 heterocycles. The van der Waals surface area contributed by atoms with Crippen LogP contribution >= 0.6 is 11.8 Å². The molecule has 1 aliphatic rings. The first-order chi connectivity index (χ1) is 14.1. The van der Waals surface area contributed by atoms with E-state index in [4.69, 9.17) is 9.15 Å². The quantitative estimate of drug-likeness (QED) is 0.458. The van der Waals surface area contributed by atoms with Gasteiger partial charge in [0.2, 0.25) is 0 Å². The Balaban J connectivity index is 1.52. The molecule has 1 aromatic heterocycles. The number of rotatable bonds is 6. The predicted octanol–water partition coefficient (Wildman–Crippen LogP) is 3.51. The van der Waals surface area contributed by atoms with E-state index in [9.17, 15) is 9.59 Å². The summed E-state index contributed by atoms with van der Waals surface area (Å²) in [6.07, 6.45) is 3.27. The number of fused-ring (bicyclic) bond motifs is 1. The lowest BCUT2D eigenvalue weighted by Gasteiger charge is -2.25. The van der Waals surface area contributed by atoms with E-state index >= 15 is 0 Å². The van der Waals surface area contributed by atoms with Crippen molar-refractivity contribution in [3.8, 4) is 5.75 Å². The average molecular weight is 410 g/mol. The van der Waals surface area contributed by atoms with Crippen LogP contribution in [0.1, 0.15) is 15.9 Å². The van der Waals surface area contributed by atoms with Crippen molar-refractivity contribution in [3.05, 3.63) is 70.2 Å². The third kappa shape index (κ3) is 4.46. The van der Waals surface area contributed by atoms with E-state index in [-0.39, 0.29) is 5.78 Å². The first-order valence-corrected chi connectivity index (χ1v) is 10.6. The van der Waals surface area contributed by atoms with E-state index in [0.717, 1.165) is 35.9 Å². The van der Waals surface area contributed by atoms with Gasteiger partial charge in [0.25, 0.3) is 0 Å². The van der Waals surface area contributed by atoms with Crippen molar-refractivity contribution in [3.63, 3.8) is 0 Å². The molecule has 0 amide bonds. The molecule has 7 heteroatoms. The van der Waals surface area contributed by atoms with Gasteiger partial charge in [0.05, 0.1) is 19.3 Å². The number of thioether (sulfide) groups is 1. The Hall–Kier alpha value is -2.77. The Labute approximate surface area is 172 Å². The molecule has 0 N–H and O–H groups in total. The number of aromatic nitrogens is 1. The molecule has 0 unspecified atom stereocenters. The molecular formula is C22H22N2O4S. The molecule has 0 spiro atoms. The van der Waals surface area contributed by atoms with Crippen molar-refractivity contribution >= 4 is 34.7 Å². The van der Waals surface area contributed by atoms with E-state index in [1.54, 1.807) is 36.0 Å². The summed E-state index contributed by atoms with van der Waals surface area (Å²) in [5, 5.41) is 0. The second-order valence-corrected chi connectivity index (χ2v) is 8.05. The lowest BCUT2D eigenvalue weighted by atomic mass is 10.1. The van der Waals surface area contributed by atoms with Crippen LogP contribution in [0.5, 0.6) is 5.75 Å². The van der Waals surface area contributed by atoms with Gasteiger partial charge in [0.1, 0.15) is 5.75 Å². The van der Waals surface area contributed by atoms with Crippen LogP contribution in [0.4, 0.5) is 0 Å². The smallest absolute Gasteiger partial charge is 0.421 e. The highest BCUT2D eigenvalue weighted by molar-refractivity contribution is 7.99. The topological polar surface area (TPSA) is 64.7 Å². The van der Waals surface area contributed by atoms with Crippen molar-refractivity contribution in [1.29, 1.82) is 0 Å². The van der Waals surface area contributed by atoms with Crippen LogP contribution in [0.3, 0.4) is 0 Å². The Kier molecular flexibility index (Phi) is 5.87. The molecule has 0 aliphatic carbocycles. The van der Waals surface area contributed by atoms with Gasteiger partial charge in [0, 0.05) is 30.2 Å². The van der Waals surface area contributed by atoms with Crippen LogP contribution in [0.2, 0.25) is 0 Å². The number of carbonyl (C=O) groups is 1. The lowest BCUT2D eigenvalue weighted by Crippen LogP contribution is -2.36. The zero-order valence-corrected chi connectivity index (χ0v) is 17.0. The molecule has 2 aromatic carbocycles. The highest BCUT2D eigenvalue weighted by Gasteiger charge is 2.16. The van der Waals surface area contributed by atoms with E-state index in [0.29, 0.717) is 23.3 Å². The molecule has 4 rings (SSSR count). The zero-order chi connectivity index (χ0) is 20.2. The fraction of sp³-hybridized carbons (Fsp3) is 0.273. The van der Waals surface area contributed by atoms with Crippen LogP contribution in [0.25, 0.3) is 17.2 Å². The summed E-state index contributed by atoms with van der Waals surface area (Å²) >= 11 is 1.93. The molecule has 0 radical (unpaired) electrons. The fourth-order valence-electron chi connectivity index (χ4n) is 3.28. The molecule has 29 heavy (non-hydrogen) atoms. The summed E-state index contributed by atoms with van der Waals surface area (Å²) in [7, 11) is 1.61. The van der Waals surface area contributed by atoms with Gasteiger partial charge in [-0.25, -0.2) is 4.79 Å². The third-order valence-electron chi connectivity index (χ3n) is 4.94. The Morgan fingerprint density at radius 1 is 1.17 bits per heavy atom. The first kappa shape index (κ1) is 19.5. The number of nitrogens with zero attached hydrogens (tertiary/aromatic N) is 2. The van der Waals surface area contributed by atoms with Crippen LogP contribution in [0, 0.1) is 0 Å². The summed E-state index contributed by atoms with van der Waals surface area (Å²) < 4.78 is 12.2. The molecule has 1 fully saturated rings. The Bertz CT molecular complexity index is 1090. The standard InChI is InChI=1S/C22H22N2O4S/c1-27-18-6-2-16(3-7-18)4-9-20(25)17-5-8-19-21(14-17)28-22(26)24(19)15-23-10-12-29-13-11-23/h2-9,14H,10-13,15H2,1H3/b9-4+.